The van der Waals surface area contributed by atoms with Crippen molar-refractivity contribution in [2.75, 3.05) is 21.5 Å². The van der Waals surface area contributed by atoms with Crippen molar-refractivity contribution in [2.45, 2.75) is 13.3 Å². The first-order chi connectivity index (χ1) is 15.6. The zero-order chi connectivity index (χ0) is 24.2. The van der Waals surface area contributed by atoms with Crippen molar-refractivity contribution in [3.63, 3.8) is 0 Å². The van der Waals surface area contributed by atoms with Crippen molar-refractivity contribution in [3.05, 3.63) is 83.1 Å². The number of benzene rings is 2. The lowest BCUT2D eigenvalue weighted by atomic mass is 10.0. The number of anilines is 3. The Labute approximate surface area is 195 Å². The van der Waals surface area contributed by atoms with E-state index >= 15 is 0 Å². The first-order valence-corrected chi connectivity index (χ1v) is 11.6. The number of aromatic nitrogens is 1. The second-order valence-corrected chi connectivity index (χ2v) is 9.05. The van der Waals surface area contributed by atoms with E-state index in [9.17, 15) is 22.7 Å². The van der Waals surface area contributed by atoms with Gasteiger partial charge in [0.05, 0.1) is 29.0 Å². The van der Waals surface area contributed by atoms with Crippen LogP contribution in [-0.2, 0) is 0 Å². The van der Waals surface area contributed by atoms with Crippen LogP contribution in [0, 0.1) is 17.0 Å². The summed E-state index contributed by atoms with van der Waals surface area (Å²) in [7, 11) is -3.36. The van der Waals surface area contributed by atoms with Gasteiger partial charge in [-0.25, -0.2) is 13.8 Å². The molecule has 0 radical (unpaired) electrons. The summed E-state index contributed by atoms with van der Waals surface area (Å²) in [6.07, 6.45) is 1.61. The molecule has 7 N–H and O–H groups in total. The van der Waals surface area contributed by atoms with E-state index in [1.807, 2.05) is 0 Å². The smallest absolute Gasteiger partial charge is 0.261 e. The van der Waals surface area contributed by atoms with Crippen LogP contribution >= 0.6 is 10.8 Å². The van der Waals surface area contributed by atoms with Crippen LogP contribution in [0.1, 0.15) is 39.1 Å². The summed E-state index contributed by atoms with van der Waals surface area (Å²) in [6, 6.07) is 11.9. The minimum atomic E-state index is -3.36. The van der Waals surface area contributed by atoms with Gasteiger partial charge in [-0.05, 0) is 24.6 Å². The molecule has 0 atom stereocenters. The Morgan fingerprint density at radius 2 is 1.91 bits per heavy atom. The van der Waals surface area contributed by atoms with Crippen LogP contribution in [0.25, 0.3) is 0 Å². The van der Waals surface area contributed by atoms with Gasteiger partial charge in [0.25, 0.3) is 5.91 Å². The molecule has 3 rings (SSSR count). The highest BCUT2D eigenvalue weighted by Gasteiger charge is 2.23. The van der Waals surface area contributed by atoms with E-state index in [1.54, 1.807) is 37.3 Å². The topological polar surface area (TPSA) is 144 Å². The fourth-order valence-corrected chi connectivity index (χ4v) is 4.23. The van der Waals surface area contributed by atoms with Gasteiger partial charge in [-0.3, -0.25) is 24.0 Å². The molecule has 0 saturated heterocycles. The van der Waals surface area contributed by atoms with Gasteiger partial charge in [0, 0.05) is 15.4 Å². The first-order valence-electron chi connectivity index (χ1n) is 9.86. The number of nitrogen functional groups attached to an aromatic ring is 1. The molecule has 0 aliphatic heterocycles. The molecule has 0 bridgehead atoms. The number of amides is 1. The monoisotopic (exact) mass is 481 g/mol. The van der Waals surface area contributed by atoms with Crippen LogP contribution in [0.4, 0.5) is 26.0 Å². The van der Waals surface area contributed by atoms with E-state index in [-0.39, 0.29) is 32.8 Å². The van der Waals surface area contributed by atoms with Gasteiger partial charge in [0.15, 0.2) is 5.82 Å². The van der Waals surface area contributed by atoms with Crippen molar-refractivity contribution >= 4 is 39.6 Å². The van der Waals surface area contributed by atoms with Crippen LogP contribution in [0.5, 0.6) is 0 Å². The van der Waals surface area contributed by atoms with Crippen molar-refractivity contribution in [1.82, 2.24) is 4.98 Å². The number of nitrogens with zero attached hydrogens (tertiary/aromatic N) is 1. The Bertz CT molecular complexity index is 1210. The highest BCUT2D eigenvalue weighted by molar-refractivity contribution is 8.25. The maximum absolute atomic E-state index is 14.9. The lowest BCUT2D eigenvalue weighted by Crippen LogP contribution is -2.19. The normalized spacial score (nSPS) is 11.7. The third-order valence-corrected chi connectivity index (χ3v) is 6.11. The predicted octanol–water partition coefficient (Wildman–Crippen LogP) is 5.84. The standard InChI is InChI=1S/C22H23F2N5O3S.3H2/c1-2-10-33(31,32)29-17-9-8-16(23)18(19(17)24)22(30)28-14-11-15(21(26)27-12-14)20(25)13-6-4-3-5-7-13;;;/h3-9,11-12,25,29,31-32H,2,10H2,1H3,(H2,26,27)(H,28,30);3*1H. The lowest BCUT2D eigenvalue weighted by Gasteiger charge is -2.33. The first kappa shape index (κ1) is 24.1. The molecule has 11 heteroatoms. The average molecular weight is 482 g/mol. The number of nitrogens with one attached hydrogen (secondary N) is 3. The lowest BCUT2D eigenvalue weighted by molar-refractivity contribution is 0.101. The molecule has 8 nitrogen and oxygen atoms in total. The highest BCUT2D eigenvalue weighted by atomic mass is 32.3. The van der Waals surface area contributed by atoms with Crippen LogP contribution < -0.4 is 15.8 Å². The molecule has 180 valence electrons. The number of hydrogen-bond acceptors (Lipinski definition) is 7. The van der Waals surface area contributed by atoms with Crippen LogP contribution in [0.2, 0.25) is 0 Å². The van der Waals surface area contributed by atoms with Crippen LogP contribution in [0.3, 0.4) is 0 Å². The fourth-order valence-electron chi connectivity index (χ4n) is 3.05. The molecular formula is C22H29F2N5O3S. The molecule has 1 amide bonds. The summed E-state index contributed by atoms with van der Waals surface area (Å²) in [5.41, 5.74) is 5.47. The largest absolute Gasteiger partial charge is 0.383 e. The minimum Gasteiger partial charge on any atom is -0.383 e. The SMILES string of the molecule is CCCS(O)(O)Nc1ccc(F)c(C(=O)Nc2cnc(N)c(C(=N)c3ccccc3)c2)c1F.[HH].[HH].[HH]. The Morgan fingerprint density at radius 3 is 2.58 bits per heavy atom. The Balaban J connectivity index is 0.00000408. The molecular weight excluding hydrogens is 452 g/mol. The predicted molar refractivity (Wildman–Crippen MR) is 133 cm³/mol. The molecule has 0 spiro atoms. The fraction of sp³-hybridized carbons (Fsp3) is 0.136. The molecule has 0 fully saturated rings. The van der Waals surface area contributed by atoms with Gasteiger partial charge in [0.1, 0.15) is 17.2 Å². The highest BCUT2D eigenvalue weighted by Crippen LogP contribution is 2.40. The third kappa shape index (κ3) is 5.64. The van der Waals surface area contributed by atoms with Crippen molar-refractivity contribution in [3.8, 4) is 0 Å². The number of carbonyl (C=O) groups excluding carboxylic acids is 1. The van der Waals surface area contributed by atoms with Crippen molar-refractivity contribution in [1.29, 1.82) is 5.41 Å². The summed E-state index contributed by atoms with van der Waals surface area (Å²) in [5, 5.41) is 10.7. The van der Waals surface area contributed by atoms with Gasteiger partial charge >= 0.3 is 0 Å². The summed E-state index contributed by atoms with van der Waals surface area (Å²) >= 11 is 0. The van der Waals surface area contributed by atoms with Crippen molar-refractivity contribution < 1.29 is 27.0 Å². The van der Waals surface area contributed by atoms with Gasteiger partial charge in [-0.1, -0.05) is 37.3 Å². The minimum absolute atomic E-state index is 0. The maximum atomic E-state index is 14.9. The molecule has 0 unspecified atom stereocenters. The van der Waals surface area contributed by atoms with E-state index in [2.05, 4.69) is 15.0 Å². The number of halogens is 2. The second-order valence-electron chi connectivity index (χ2n) is 7.11. The number of rotatable bonds is 8. The zero-order valence-corrected chi connectivity index (χ0v) is 18.4. The quantitative estimate of drug-likeness (QED) is 0.223. The Hall–Kier alpha value is -3.54. The van der Waals surface area contributed by atoms with Crippen LogP contribution in [0.15, 0.2) is 54.7 Å². The summed E-state index contributed by atoms with van der Waals surface area (Å²) in [5.74, 6) is -3.53. The zero-order valence-electron chi connectivity index (χ0n) is 17.6. The molecule has 0 aliphatic carbocycles. The second kappa shape index (κ2) is 9.94. The molecule has 3 aromatic rings. The molecule has 1 aromatic heterocycles. The average Bonchev–Trinajstić information content (AvgIpc) is 2.77. The summed E-state index contributed by atoms with van der Waals surface area (Å²) < 4.78 is 51.4. The van der Waals surface area contributed by atoms with Gasteiger partial charge in [0.2, 0.25) is 0 Å². The van der Waals surface area contributed by atoms with Gasteiger partial charge in [-0.15, -0.1) is 10.8 Å². The molecule has 0 aliphatic rings. The van der Waals surface area contributed by atoms with Crippen LogP contribution in [-0.4, -0.2) is 31.5 Å². The summed E-state index contributed by atoms with van der Waals surface area (Å²) in [6.45, 7) is 1.71. The summed E-state index contributed by atoms with van der Waals surface area (Å²) in [4.78, 5) is 16.6. The number of nitrogens with two attached hydrogens (primary N) is 1. The maximum Gasteiger partial charge on any atom is 0.261 e. The number of pyridine rings is 1. The molecule has 33 heavy (non-hydrogen) atoms. The van der Waals surface area contributed by atoms with E-state index in [4.69, 9.17) is 11.1 Å². The van der Waals surface area contributed by atoms with E-state index in [0.29, 0.717) is 12.0 Å². The Kier molecular flexibility index (Phi) is 7.26. The van der Waals surface area contributed by atoms with Gasteiger partial charge in [-0.2, -0.15) is 0 Å². The van der Waals surface area contributed by atoms with Gasteiger partial charge < -0.3 is 11.1 Å². The van der Waals surface area contributed by atoms with E-state index < -0.39 is 39.6 Å². The van der Waals surface area contributed by atoms with Crippen molar-refractivity contribution in [2.24, 2.45) is 0 Å². The number of carbonyl (C=O) groups is 1. The molecule has 2 aromatic carbocycles. The third-order valence-electron chi connectivity index (χ3n) is 4.59. The van der Waals surface area contributed by atoms with E-state index in [1.165, 1.54) is 12.3 Å². The van der Waals surface area contributed by atoms with E-state index in [0.717, 1.165) is 12.1 Å². The Morgan fingerprint density at radius 1 is 1.21 bits per heavy atom. The molecule has 0 saturated carbocycles. The molecule has 1 heterocycles. The number of hydrogen-bond donors (Lipinski definition) is 6.